The van der Waals surface area contributed by atoms with Crippen LogP contribution in [0.4, 0.5) is 0 Å². The Morgan fingerprint density at radius 1 is 1.22 bits per heavy atom. The maximum atomic E-state index is 3.57. The fraction of sp³-hybridized carbons (Fsp3) is 0.625. The van der Waals surface area contributed by atoms with Gasteiger partial charge in [-0.25, -0.2) is 0 Å². The van der Waals surface area contributed by atoms with Crippen molar-refractivity contribution in [2.45, 2.75) is 46.2 Å². The summed E-state index contributed by atoms with van der Waals surface area (Å²) >= 11 is 0. The number of aryl methyl sites for hydroxylation is 1. The highest BCUT2D eigenvalue weighted by molar-refractivity contribution is 5.21. The second-order valence-electron chi connectivity index (χ2n) is 5.37. The third-order valence-electron chi connectivity index (χ3n) is 3.28. The number of nitrogens with one attached hydrogen (secondary N) is 1. The lowest BCUT2D eigenvalue weighted by atomic mass is 10.1. The Morgan fingerprint density at radius 3 is 2.50 bits per heavy atom. The van der Waals surface area contributed by atoms with Crippen molar-refractivity contribution >= 4 is 0 Å². The van der Waals surface area contributed by atoms with E-state index in [1.165, 1.54) is 24.0 Å². The highest BCUT2D eigenvalue weighted by Crippen LogP contribution is 2.05. The van der Waals surface area contributed by atoms with Crippen molar-refractivity contribution in [2.75, 3.05) is 20.1 Å². The van der Waals surface area contributed by atoms with Crippen molar-refractivity contribution in [2.24, 2.45) is 0 Å². The average molecular weight is 248 g/mol. The molecule has 1 aromatic carbocycles. The summed E-state index contributed by atoms with van der Waals surface area (Å²) in [4.78, 5) is 2.37. The first kappa shape index (κ1) is 15.2. The molecule has 0 aliphatic heterocycles. The van der Waals surface area contributed by atoms with E-state index in [0.29, 0.717) is 6.04 Å². The molecule has 0 fully saturated rings. The minimum absolute atomic E-state index is 0.641. The van der Waals surface area contributed by atoms with Gasteiger partial charge in [0.05, 0.1) is 0 Å². The van der Waals surface area contributed by atoms with Gasteiger partial charge in [0.1, 0.15) is 0 Å². The van der Waals surface area contributed by atoms with Crippen LogP contribution in [0.15, 0.2) is 24.3 Å². The van der Waals surface area contributed by atoms with Gasteiger partial charge in [0.2, 0.25) is 0 Å². The van der Waals surface area contributed by atoms with Gasteiger partial charge >= 0.3 is 0 Å². The molecule has 2 heteroatoms. The summed E-state index contributed by atoms with van der Waals surface area (Å²) in [6.45, 7) is 9.84. The molecule has 2 nitrogen and oxygen atoms in total. The molecule has 0 amide bonds. The molecule has 0 saturated carbocycles. The molecule has 1 N–H and O–H groups in total. The third-order valence-corrected chi connectivity index (χ3v) is 3.28. The van der Waals surface area contributed by atoms with Gasteiger partial charge in [0.15, 0.2) is 0 Å². The lowest BCUT2D eigenvalue weighted by Gasteiger charge is -2.19. The quantitative estimate of drug-likeness (QED) is 0.760. The summed E-state index contributed by atoms with van der Waals surface area (Å²) < 4.78 is 0. The van der Waals surface area contributed by atoms with Crippen LogP contribution in [-0.2, 0) is 6.54 Å². The summed E-state index contributed by atoms with van der Waals surface area (Å²) in [5.41, 5.74) is 2.72. The third kappa shape index (κ3) is 6.18. The molecular weight excluding hydrogens is 220 g/mol. The average Bonchev–Trinajstić information content (AvgIpc) is 2.32. The molecule has 0 aromatic heterocycles. The minimum atomic E-state index is 0.641. The summed E-state index contributed by atoms with van der Waals surface area (Å²) in [6, 6.07) is 9.45. The molecule has 0 bridgehead atoms. The van der Waals surface area contributed by atoms with Crippen LogP contribution >= 0.6 is 0 Å². The summed E-state index contributed by atoms with van der Waals surface area (Å²) in [5, 5.41) is 3.57. The van der Waals surface area contributed by atoms with Crippen LogP contribution < -0.4 is 5.32 Å². The van der Waals surface area contributed by atoms with Crippen LogP contribution in [0.25, 0.3) is 0 Å². The van der Waals surface area contributed by atoms with Crippen LogP contribution in [0.2, 0.25) is 0 Å². The maximum absolute atomic E-state index is 3.57. The van der Waals surface area contributed by atoms with E-state index in [4.69, 9.17) is 0 Å². The van der Waals surface area contributed by atoms with Crippen molar-refractivity contribution < 1.29 is 0 Å². The van der Waals surface area contributed by atoms with Crippen LogP contribution in [-0.4, -0.2) is 31.1 Å². The summed E-state index contributed by atoms with van der Waals surface area (Å²) in [6.07, 6.45) is 2.52. The molecular formula is C16H28N2. The zero-order chi connectivity index (χ0) is 13.4. The number of hydrogen-bond acceptors (Lipinski definition) is 2. The van der Waals surface area contributed by atoms with Gasteiger partial charge in [0.25, 0.3) is 0 Å². The van der Waals surface area contributed by atoms with Gasteiger partial charge < -0.3 is 10.2 Å². The smallest absolute Gasteiger partial charge is 0.0231 e. The molecule has 102 valence electrons. The summed E-state index contributed by atoms with van der Waals surface area (Å²) in [5.74, 6) is 0. The Morgan fingerprint density at radius 2 is 1.89 bits per heavy atom. The Balaban J connectivity index is 2.21. The number of hydrogen-bond donors (Lipinski definition) is 1. The largest absolute Gasteiger partial charge is 0.313 e. The van der Waals surface area contributed by atoms with Gasteiger partial charge in [-0.15, -0.1) is 0 Å². The van der Waals surface area contributed by atoms with E-state index in [-0.39, 0.29) is 0 Å². The molecule has 1 aromatic rings. The number of benzene rings is 1. The summed E-state index contributed by atoms with van der Waals surface area (Å²) in [7, 11) is 2.19. The molecule has 18 heavy (non-hydrogen) atoms. The molecule has 0 spiro atoms. The van der Waals surface area contributed by atoms with Crippen molar-refractivity contribution in [3.05, 3.63) is 35.4 Å². The predicted molar refractivity (Wildman–Crippen MR) is 79.9 cm³/mol. The second-order valence-corrected chi connectivity index (χ2v) is 5.37. The van der Waals surface area contributed by atoms with Crippen LogP contribution in [0.1, 0.15) is 37.8 Å². The molecule has 0 aliphatic carbocycles. The first-order valence-electron chi connectivity index (χ1n) is 7.09. The fourth-order valence-electron chi connectivity index (χ4n) is 2.12. The Bertz CT molecular complexity index is 318. The van der Waals surface area contributed by atoms with Gasteiger partial charge in [-0.2, -0.15) is 0 Å². The van der Waals surface area contributed by atoms with E-state index >= 15 is 0 Å². The molecule has 1 unspecified atom stereocenters. The van der Waals surface area contributed by atoms with Gasteiger partial charge in [-0.1, -0.05) is 43.2 Å². The second kappa shape index (κ2) is 8.28. The molecule has 0 radical (unpaired) electrons. The Hall–Kier alpha value is -0.860. The van der Waals surface area contributed by atoms with Crippen LogP contribution in [0, 0.1) is 6.92 Å². The SMILES string of the molecule is CCCC(C)NCCN(C)Cc1ccc(C)cc1. The van der Waals surface area contributed by atoms with Gasteiger partial charge in [-0.05, 0) is 32.9 Å². The minimum Gasteiger partial charge on any atom is -0.313 e. The fourth-order valence-corrected chi connectivity index (χ4v) is 2.12. The van der Waals surface area contributed by atoms with E-state index in [9.17, 15) is 0 Å². The zero-order valence-corrected chi connectivity index (χ0v) is 12.4. The number of nitrogens with zero attached hydrogens (tertiary/aromatic N) is 1. The highest BCUT2D eigenvalue weighted by atomic mass is 15.1. The van der Waals surface area contributed by atoms with Crippen molar-refractivity contribution in [3.8, 4) is 0 Å². The first-order valence-corrected chi connectivity index (χ1v) is 7.09. The topological polar surface area (TPSA) is 15.3 Å². The Labute approximate surface area is 112 Å². The van der Waals surface area contributed by atoms with E-state index in [1.807, 2.05) is 0 Å². The van der Waals surface area contributed by atoms with E-state index in [2.05, 4.69) is 62.3 Å². The lowest BCUT2D eigenvalue weighted by Crippen LogP contribution is -2.34. The zero-order valence-electron chi connectivity index (χ0n) is 12.4. The van der Waals surface area contributed by atoms with E-state index in [0.717, 1.165) is 19.6 Å². The standard InChI is InChI=1S/C16H28N2/c1-5-6-15(3)17-11-12-18(4)13-16-9-7-14(2)8-10-16/h7-10,15,17H,5-6,11-13H2,1-4H3. The van der Waals surface area contributed by atoms with E-state index < -0.39 is 0 Å². The van der Waals surface area contributed by atoms with Gasteiger partial charge in [0, 0.05) is 25.7 Å². The normalized spacial score (nSPS) is 12.9. The maximum Gasteiger partial charge on any atom is 0.0231 e. The molecule has 1 atom stereocenters. The first-order chi connectivity index (χ1) is 8.61. The van der Waals surface area contributed by atoms with Gasteiger partial charge in [-0.3, -0.25) is 0 Å². The van der Waals surface area contributed by atoms with Crippen molar-refractivity contribution in [1.29, 1.82) is 0 Å². The van der Waals surface area contributed by atoms with Crippen molar-refractivity contribution in [3.63, 3.8) is 0 Å². The molecule has 0 saturated heterocycles. The highest BCUT2D eigenvalue weighted by Gasteiger charge is 2.02. The van der Waals surface area contributed by atoms with Crippen LogP contribution in [0.5, 0.6) is 0 Å². The van der Waals surface area contributed by atoms with Crippen LogP contribution in [0.3, 0.4) is 0 Å². The molecule has 0 aliphatic rings. The Kier molecular flexibility index (Phi) is 6.99. The monoisotopic (exact) mass is 248 g/mol. The van der Waals surface area contributed by atoms with Crippen molar-refractivity contribution in [1.82, 2.24) is 10.2 Å². The lowest BCUT2D eigenvalue weighted by molar-refractivity contribution is 0.316. The number of rotatable bonds is 8. The predicted octanol–water partition coefficient (Wildman–Crippen LogP) is 3.21. The van der Waals surface area contributed by atoms with E-state index in [1.54, 1.807) is 0 Å². The molecule has 1 rings (SSSR count). The molecule has 0 heterocycles. The number of likely N-dealkylation sites (N-methyl/N-ethyl adjacent to an activating group) is 1.